The number of piperazine rings is 1. The molecule has 1 atom stereocenters. The van der Waals surface area contributed by atoms with Gasteiger partial charge in [-0.05, 0) is 30.3 Å². The highest BCUT2D eigenvalue weighted by Crippen LogP contribution is 2.32. The molecule has 0 spiro atoms. The van der Waals surface area contributed by atoms with Crippen LogP contribution in [0.1, 0.15) is 12.0 Å². The summed E-state index contributed by atoms with van der Waals surface area (Å²) in [6.45, 7) is 4.97. The van der Waals surface area contributed by atoms with Gasteiger partial charge in [-0.25, -0.2) is 4.90 Å². The van der Waals surface area contributed by atoms with E-state index in [1.807, 2.05) is 36.4 Å². The number of carbonyl (C=O) groups excluding carboxylic acids is 2. The van der Waals surface area contributed by atoms with E-state index in [0.717, 1.165) is 44.2 Å². The van der Waals surface area contributed by atoms with Gasteiger partial charge in [0.15, 0.2) is 17.5 Å². The Labute approximate surface area is 169 Å². The van der Waals surface area contributed by atoms with Crippen molar-refractivity contribution in [2.45, 2.75) is 19.0 Å². The van der Waals surface area contributed by atoms with Crippen LogP contribution in [-0.2, 0) is 16.1 Å². The number of benzene rings is 2. The van der Waals surface area contributed by atoms with E-state index in [1.54, 1.807) is 0 Å². The first-order chi connectivity index (χ1) is 14.2. The highest BCUT2D eigenvalue weighted by atomic mass is 16.7. The predicted molar refractivity (Wildman–Crippen MR) is 105 cm³/mol. The molecule has 0 aliphatic carbocycles. The lowest BCUT2D eigenvalue weighted by molar-refractivity contribution is -1.02. The van der Waals surface area contributed by atoms with Crippen molar-refractivity contribution in [1.29, 1.82) is 0 Å². The summed E-state index contributed by atoms with van der Waals surface area (Å²) in [7, 11) is 0. The van der Waals surface area contributed by atoms with Gasteiger partial charge in [-0.3, -0.25) is 9.59 Å². The van der Waals surface area contributed by atoms with Crippen molar-refractivity contribution in [3.05, 3.63) is 54.1 Å². The topological polar surface area (TPSA) is 64.7 Å². The summed E-state index contributed by atoms with van der Waals surface area (Å²) in [5, 5.41) is 0. The van der Waals surface area contributed by atoms with Crippen molar-refractivity contribution in [1.82, 2.24) is 0 Å². The van der Waals surface area contributed by atoms with Crippen LogP contribution in [0.5, 0.6) is 11.5 Å². The molecule has 2 aromatic rings. The molecule has 150 valence electrons. The Balaban J connectivity index is 1.20. The molecule has 2 saturated heterocycles. The first-order valence-corrected chi connectivity index (χ1v) is 10.2. The molecule has 5 rings (SSSR count). The second-order valence-electron chi connectivity index (χ2n) is 7.93. The number of amides is 2. The van der Waals surface area contributed by atoms with Crippen LogP contribution in [0.25, 0.3) is 0 Å². The highest BCUT2D eigenvalue weighted by molar-refractivity contribution is 6.21. The average Bonchev–Trinajstić information content (AvgIpc) is 3.33. The maximum atomic E-state index is 12.9. The van der Waals surface area contributed by atoms with Crippen LogP contribution in [0.4, 0.5) is 5.69 Å². The zero-order valence-electron chi connectivity index (χ0n) is 16.2. The Morgan fingerprint density at radius 2 is 1.69 bits per heavy atom. The first kappa shape index (κ1) is 18.1. The Hall–Kier alpha value is -2.90. The van der Waals surface area contributed by atoms with Gasteiger partial charge in [-0.1, -0.05) is 18.2 Å². The van der Waals surface area contributed by atoms with E-state index in [4.69, 9.17) is 9.47 Å². The molecule has 0 radical (unpaired) electrons. The Kier molecular flexibility index (Phi) is 4.69. The summed E-state index contributed by atoms with van der Waals surface area (Å²) in [6, 6.07) is 15.1. The summed E-state index contributed by atoms with van der Waals surface area (Å²) in [4.78, 5) is 29.5. The average molecular weight is 395 g/mol. The minimum atomic E-state index is -0.255. The number of hydrogen-bond acceptors (Lipinski definition) is 4. The molecular formula is C22H25N3O4+2. The van der Waals surface area contributed by atoms with Crippen LogP contribution in [-0.4, -0.2) is 50.8 Å². The van der Waals surface area contributed by atoms with Crippen LogP contribution in [0, 0.1) is 0 Å². The number of imide groups is 1. The number of hydrogen-bond donors (Lipinski definition) is 2. The molecule has 2 N–H and O–H groups in total. The summed E-state index contributed by atoms with van der Waals surface area (Å²) >= 11 is 0. The lowest BCUT2D eigenvalue weighted by Crippen LogP contribution is -3.29. The smallest absolute Gasteiger partial charge is 0.292 e. The number of para-hydroxylation sites is 1. The third-order valence-corrected chi connectivity index (χ3v) is 6.14. The largest absolute Gasteiger partial charge is 0.454 e. The molecular weight excluding hydrogens is 370 g/mol. The van der Waals surface area contributed by atoms with Crippen molar-refractivity contribution < 1.29 is 28.9 Å². The van der Waals surface area contributed by atoms with E-state index in [2.05, 4.69) is 12.1 Å². The van der Waals surface area contributed by atoms with Crippen LogP contribution in [0.2, 0.25) is 0 Å². The van der Waals surface area contributed by atoms with Crippen LogP contribution in [0.3, 0.4) is 0 Å². The van der Waals surface area contributed by atoms with E-state index >= 15 is 0 Å². The quantitative estimate of drug-likeness (QED) is 0.654. The molecule has 0 saturated carbocycles. The number of anilines is 1. The zero-order chi connectivity index (χ0) is 19.8. The number of rotatable bonds is 4. The highest BCUT2D eigenvalue weighted by Gasteiger charge is 2.46. The summed E-state index contributed by atoms with van der Waals surface area (Å²) in [6.07, 6.45) is 0.306. The van der Waals surface area contributed by atoms with Crippen molar-refractivity contribution >= 4 is 17.5 Å². The maximum Gasteiger partial charge on any atom is 0.292 e. The van der Waals surface area contributed by atoms with Crippen LogP contribution in [0.15, 0.2) is 48.5 Å². The number of carbonyl (C=O) groups is 2. The molecule has 0 unspecified atom stereocenters. The molecule has 0 aromatic heterocycles. The fourth-order valence-electron chi connectivity index (χ4n) is 4.59. The molecule has 3 aliphatic rings. The summed E-state index contributed by atoms with van der Waals surface area (Å²) in [5.41, 5.74) is 1.91. The van der Waals surface area contributed by atoms with Gasteiger partial charge in [0.2, 0.25) is 12.7 Å². The van der Waals surface area contributed by atoms with E-state index in [9.17, 15) is 9.59 Å². The lowest BCUT2D eigenvalue weighted by atomic mass is 10.1. The van der Waals surface area contributed by atoms with Gasteiger partial charge in [0.25, 0.3) is 5.91 Å². The van der Waals surface area contributed by atoms with Gasteiger partial charge in [0.1, 0.15) is 32.7 Å². The van der Waals surface area contributed by atoms with Crippen molar-refractivity contribution in [2.75, 3.05) is 37.9 Å². The zero-order valence-corrected chi connectivity index (χ0v) is 16.2. The monoisotopic (exact) mass is 395 g/mol. The predicted octanol–water partition coefficient (Wildman–Crippen LogP) is -0.969. The van der Waals surface area contributed by atoms with E-state index in [1.165, 1.54) is 20.3 Å². The Morgan fingerprint density at radius 3 is 2.48 bits per heavy atom. The minimum Gasteiger partial charge on any atom is -0.454 e. The number of nitrogens with zero attached hydrogens (tertiary/aromatic N) is 1. The normalized spacial score (nSPS) is 26.2. The van der Waals surface area contributed by atoms with Gasteiger partial charge in [0.05, 0.1) is 12.1 Å². The summed E-state index contributed by atoms with van der Waals surface area (Å²) in [5.74, 6) is 1.48. The fraction of sp³-hybridized carbons (Fsp3) is 0.364. The Bertz CT molecular complexity index is 925. The molecule has 3 heterocycles. The molecule has 7 heteroatoms. The minimum absolute atomic E-state index is 0.0598. The number of fused-ring (bicyclic) bond motifs is 1. The van der Waals surface area contributed by atoms with Gasteiger partial charge in [-0.2, -0.15) is 0 Å². The number of ether oxygens (including phenoxy) is 2. The van der Waals surface area contributed by atoms with Crippen molar-refractivity contribution in [3.63, 3.8) is 0 Å². The maximum absolute atomic E-state index is 12.9. The Morgan fingerprint density at radius 1 is 0.931 bits per heavy atom. The molecule has 2 aromatic carbocycles. The second-order valence-corrected chi connectivity index (χ2v) is 7.93. The standard InChI is InChI=1S/C22H23N3O4/c26-21-13-18(22(27)25(21)17-4-2-1-3-5-17)24-10-8-23(9-11-24)14-16-6-7-19-20(12-16)29-15-28-19/h1-7,12,18H,8-11,13-15H2/p+2/t18-/m1/s1. The lowest BCUT2D eigenvalue weighted by Gasteiger charge is -2.32. The van der Waals surface area contributed by atoms with E-state index < -0.39 is 0 Å². The van der Waals surface area contributed by atoms with Crippen molar-refractivity contribution in [3.8, 4) is 11.5 Å². The van der Waals surface area contributed by atoms with Gasteiger partial charge in [0, 0.05) is 5.56 Å². The van der Waals surface area contributed by atoms with E-state index in [0.29, 0.717) is 18.9 Å². The first-order valence-electron chi connectivity index (χ1n) is 10.2. The third kappa shape index (κ3) is 3.47. The third-order valence-electron chi connectivity index (χ3n) is 6.14. The van der Waals surface area contributed by atoms with E-state index in [-0.39, 0.29) is 17.9 Å². The van der Waals surface area contributed by atoms with Crippen molar-refractivity contribution in [2.24, 2.45) is 0 Å². The molecule has 2 amide bonds. The summed E-state index contributed by atoms with van der Waals surface area (Å²) < 4.78 is 10.8. The van der Waals surface area contributed by atoms with Gasteiger partial charge in [-0.15, -0.1) is 0 Å². The number of quaternary nitrogens is 2. The molecule has 0 bridgehead atoms. The molecule has 2 fully saturated rings. The van der Waals surface area contributed by atoms with Gasteiger partial charge < -0.3 is 19.3 Å². The van der Waals surface area contributed by atoms with Gasteiger partial charge >= 0.3 is 0 Å². The number of nitrogens with one attached hydrogen (secondary N) is 2. The van der Waals surface area contributed by atoms with Crippen LogP contribution >= 0.6 is 0 Å². The SMILES string of the molecule is O=C1C[C@@H]([NH+]2CC[NH+](Cc3ccc4c(c3)OCO4)CC2)C(=O)N1c1ccccc1. The fourth-order valence-corrected chi connectivity index (χ4v) is 4.59. The molecule has 7 nitrogen and oxygen atoms in total. The molecule has 29 heavy (non-hydrogen) atoms. The molecule has 3 aliphatic heterocycles. The van der Waals surface area contributed by atoms with Crippen LogP contribution < -0.4 is 24.2 Å². The second kappa shape index (κ2) is 7.50.